The van der Waals surface area contributed by atoms with E-state index in [9.17, 15) is 9.59 Å². The minimum Gasteiger partial charge on any atom is -0.340 e. The van der Waals surface area contributed by atoms with Gasteiger partial charge in [-0.2, -0.15) is 4.98 Å². The van der Waals surface area contributed by atoms with Crippen molar-refractivity contribution in [1.82, 2.24) is 24.4 Å². The van der Waals surface area contributed by atoms with Gasteiger partial charge in [-0.05, 0) is 6.42 Å². The first kappa shape index (κ1) is 14.8. The van der Waals surface area contributed by atoms with Crippen molar-refractivity contribution in [3.63, 3.8) is 0 Å². The van der Waals surface area contributed by atoms with E-state index in [0.717, 1.165) is 43.6 Å². The molecule has 0 aromatic carbocycles. The average molecular weight is 306 g/mol. The first-order chi connectivity index (χ1) is 10.6. The fraction of sp³-hybridized carbons (Fsp3) is 0.643. The predicted octanol–water partition coefficient (Wildman–Crippen LogP) is -0.367. The standard InChI is InChI=1S/C14H22N6O2/c1-3-4-7-20-11-10(12(21)18(2)14(20)22)16-13(17-11)19-8-5-15-6-9-19/h15H,3-9H2,1-2H3,(H,16,17). The highest BCUT2D eigenvalue weighted by atomic mass is 16.2. The van der Waals surface area contributed by atoms with Gasteiger partial charge in [-0.25, -0.2) is 4.79 Å². The molecule has 0 radical (unpaired) electrons. The van der Waals surface area contributed by atoms with E-state index >= 15 is 0 Å². The molecule has 0 aliphatic carbocycles. The summed E-state index contributed by atoms with van der Waals surface area (Å²) < 4.78 is 2.75. The van der Waals surface area contributed by atoms with Crippen LogP contribution in [-0.4, -0.2) is 45.3 Å². The molecule has 8 heteroatoms. The van der Waals surface area contributed by atoms with Crippen LogP contribution in [0.5, 0.6) is 0 Å². The zero-order valence-electron chi connectivity index (χ0n) is 13.1. The van der Waals surface area contributed by atoms with Crippen molar-refractivity contribution in [3.8, 4) is 0 Å². The lowest BCUT2D eigenvalue weighted by Gasteiger charge is -2.26. The van der Waals surface area contributed by atoms with Crippen LogP contribution in [0, 0.1) is 0 Å². The van der Waals surface area contributed by atoms with Gasteiger partial charge in [0.15, 0.2) is 11.2 Å². The molecule has 3 rings (SSSR count). The number of piperazine rings is 1. The minimum absolute atomic E-state index is 0.302. The highest BCUT2D eigenvalue weighted by Crippen LogP contribution is 2.14. The number of hydrogen-bond acceptors (Lipinski definition) is 5. The zero-order valence-corrected chi connectivity index (χ0v) is 13.1. The fourth-order valence-corrected chi connectivity index (χ4v) is 2.77. The molecule has 0 unspecified atom stereocenters. The van der Waals surface area contributed by atoms with Crippen molar-refractivity contribution in [2.45, 2.75) is 26.3 Å². The summed E-state index contributed by atoms with van der Waals surface area (Å²) in [4.78, 5) is 34.4. The molecule has 1 saturated heterocycles. The average Bonchev–Trinajstić information content (AvgIpc) is 2.99. The molecule has 120 valence electrons. The molecule has 3 heterocycles. The lowest BCUT2D eigenvalue weighted by atomic mass is 10.3. The minimum atomic E-state index is -0.318. The summed E-state index contributed by atoms with van der Waals surface area (Å²) in [5.41, 5.74) is 0.257. The van der Waals surface area contributed by atoms with Crippen molar-refractivity contribution in [2.75, 3.05) is 31.1 Å². The molecule has 0 spiro atoms. The van der Waals surface area contributed by atoms with Crippen LogP contribution < -0.4 is 21.5 Å². The molecule has 22 heavy (non-hydrogen) atoms. The van der Waals surface area contributed by atoms with E-state index in [1.165, 1.54) is 7.05 Å². The summed E-state index contributed by atoms with van der Waals surface area (Å²) in [5.74, 6) is 0.671. The molecule has 8 nitrogen and oxygen atoms in total. The molecule has 2 N–H and O–H groups in total. The summed E-state index contributed by atoms with van der Waals surface area (Å²) in [7, 11) is 1.51. The number of unbranched alkanes of at least 4 members (excludes halogenated alkanes) is 1. The molecule has 1 aliphatic heterocycles. The van der Waals surface area contributed by atoms with Gasteiger partial charge >= 0.3 is 5.69 Å². The van der Waals surface area contributed by atoms with Crippen molar-refractivity contribution in [1.29, 1.82) is 0 Å². The lowest BCUT2D eigenvalue weighted by molar-refractivity contribution is 0.578. The Morgan fingerprint density at radius 1 is 1.23 bits per heavy atom. The smallest absolute Gasteiger partial charge is 0.332 e. The number of anilines is 1. The second kappa shape index (κ2) is 5.96. The number of hydrogen-bond donors (Lipinski definition) is 2. The first-order valence-electron chi connectivity index (χ1n) is 7.78. The Labute approximate surface area is 127 Å². The molecule has 2 aromatic rings. The second-order valence-corrected chi connectivity index (χ2v) is 5.65. The van der Waals surface area contributed by atoms with E-state index in [-0.39, 0.29) is 11.2 Å². The van der Waals surface area contributed by atoms with E-state index < -0.39 is 0 Å². The number of aryl methyl sites for hydroxylation is 1. The predicted molar refractivity (Wildman–Crippen MR) is 85.6 cm³/mol. The van der Waals surface area contributed by atoms with Gasteiger partial charge in [0.25, 0.3) is 5.56 Å². The summed E-state index contributed by atoms with van der Waals surface area (Å²) in [5, 5.41) is 3.28. The Bertz CT molecular complexity index is 781. The Hall–Kier alpha value is -2.09. The van der Waals surface area contributed by atoms with Gasteiger partial charge < -0.3 is 15.2 Å². The van der Waals surface area contributed by atoms with Crippen LogP contribution in [0.3, 0.4) is 0 Å². The maximum Gasteiger partial charge on any atom is 0.332 e. The highest BCUT2D eigenvalue weighted by molar-refractivity contribution is 5.73. The van der Waals surface area contributed by atoms with E-state index in [0.29, 0.717) is 23.7 Å². The summed E-state index contributed by atoms with van der Waals surface area (Å²) in [6.45, 7) is 6.08. The third-order valence-electron chi connectivity index (χ3n) is 4.12. The number of fused-ring (bicyclic) bond motifs is 1. The SMILES string of the molecule is CCCCn1c(=O)n(C)c(=O)c2[nH]c(N3CCNCC3)nc21. The molecule has 0 bridgehead atoms. The van der Waals surface area contributed by atoms with Gasteiger partial charge in [0.2, 0.25) is 5.95 Å². The molecule has 2 aromatic heterocycles. The van der Waals surface area contributed by atoms with Crippen LogP contribution >= 0.6 is 0 Å². The maximum atomic E-state index is 12.3. The Kier molecular flexibility index (Phi) is 4.02. The Morgan fingerprint density at radius 2 is 1.95 bits per heavy atom. The van der Waals surface area contributed by atoms with Crippen LogP contribution in [0.15, 0.2) is 9.59 Å². The normalized spacial score (nSPS) is 15.6. The topological polar surface area (TPSA) is 88.0 Å². The number of nitrogens with one attached hydrogen (secondary N) is 2. The van der Waals surface area contributed by atoms with E-state index in [4.69, 9.17) is 0 Å². The molecular formula is C14H22N6O2. The van der Waals surface area contributed by atoms with Crippen LogP contribution in [0.2, 0.25) is 0 Å². The van der Waals surface area contributed by atoms with Crippen LogP contribution in [0.25, 0.3) is 11.2 Å². The van der Waals surface area contributed by atoms with E-state index in [1.54, 1.807) is 4.57 Å². The van der Waals surface area contributed by atoms with Gasteiger partial charge in [0.1, 0.15) is 0 Å². The van der Waals surface area contributed by atoms with Gasteiger partial charge in [-0.1, -0.05) is 13.3 Å². The third-order valence-corrected chi connectivity index (χ3v) is 4.12. The van der Waals surface area contributed by atoms with Crippen molar-refractivity contribution in [2.24, 2.45) is 7.05 Å². The number of H-pyrrole nitrogens is 1. The van der Waals surface area contributed by atoms with Crippen molar-refractivity contribution >= 4 is 17.1 Å². The monoisotopic (exact) mass is 306 g/mol. The molecule has 1 aliphatic rings. The quantitative estimate of drug-likeness (QED) is 0.805. The molecule has 0 amide bonds. The zero-order chi connectivity index (χ0) is 15.7. The van der Waals surface area contributed by atoms with Crippen LogP contribution in [-0.2, 0) is 13.6 Å². The Morgan fingerprint density at radius 3 is 2.64 bits per heavy atom. The van der Waals surface area contributed by atoms with E-state index in [2.05, 4.69) is 27.1 Å². The maximum absolute atomic E-state index is 12.3. The fourth-order valence-electron chi connectivity index (χ4n) is 2.77. The third kappa shape index (κ3) is 2.43. The number of nitrogens with zero attached hydrogens (tertiary/aromatic N) is 4. The van der Waals surface area contributed by atoms with Gasteiger partial charge in [0, 0.05) is 39.8 Å². The Balaban J connectivity index is 2.14. The van der Waals surface area contributed by atoms with Crippen molar-refractivity contribution in [3.05, 3.63) is 20.8 Å². The van der Waals surface area contributed by atoms with E-state index in [1.807, 2.05) is 0 Å². The van der Waals surface area contributed by atoms with Crippen LogP contribution in [0.4, 0.5) is 5.95 Å². The number of imidazole rings is 1. The van der Waals surface area contributed by atoms with Gasteiger partial charge in [-0.3, -0.25) is 13.9 Å². The summed E-state index contributed by atoms with van der Waals surface area (Å²) >= 11 is 0. The lowest BCUT2D eigenvalue weighted by Crippen LogP contribution is -2.44. The molecule has 0 atom stereocenters. The molecule has 0 saturated carbocycles. The highest BCUT2D eigenvalue weighted by Gasteiger charge is 2.19. The molecular weight excluding hydrogens is 284 g/mol. The second-order valence-electron chi connectivity index (χ2n) is 5.65. The largest absolute Gasteiger partial charge is 0.340 e. The number of rotatable bonds is 4. The molecule has 1 fully saturated rings. The summed E-state index contributed by atoms with van der Waals surface area (Å²) in [6.07, 6.45) is 1.86. The van der Waals surface area contributed by atoms with Crippen LogP contribution in [0.1, 0.15) is 19.8 Å². The van der Waals surface area contributed by atoms with Gasteiger partial charge in [0.05, 0.1) is 0 Å². The van der Waals surface area contributed by atoms with Gasteiger partial charge in [-0.15, -0.1) is 0 Å². The first-order valence-corrected chi connectivity index (χ1v) is 7.78. The van der Waals surface area contributed by atoms with Crippen molar-refractivity contribution < 1.29 is 0 Å². The number of aromatic nitrogens is 4. The summed E-state index contributed by atoms with van der Waals surface area (Å²) in [6, 6.07) is 0. The number of aromatic amines is 1.